The minimum Gasteiger partial charge on any atom is -0.491 e. The molecule has 0 aliphatic heterocycles. The molecule has 15 heavy (non-hydrogen) atoms. The van der Waals surface area contributed by atoms with E-state index in [1.165, 1.54) is 6.07 Å². The second-order valence-corrected chi connectivity index (χ2v) is 3.67. The molecular weight excluding hydrogens is 198 g/mol. The van der Waals surface area contributed by atoms with Crippen molar-refractivity contribution in [2.24, 2.45) is 5.92 Å². The number of carboxylic acids is 1. The molecular formula is C10H15NO4. The molecule has 0 amide bonds. The molecule has 1 heterocycles. The van der Waals surface area contributed by atoms with Crippen LogP contribution in [0.15, 0.2) is 10.6 Å². The normalized spacial score (nSPS) is 14.8. The lowest BCUT2D eigenvalue weighted by atomic mass is 9.88. The first kappa shape index (κ1) is 11.6. The lowest BCUT2D eigenvalue weighted by molar-refractivity contribution is -0.140. The summed E-state index contributed by atoms with van der Waals surface area (Å²) in [6.45, 7) is 3.84. The van der Waals surface area contributed by atoms with Crippen molar-refractivity contribution in [3.05, 3.63) is 11.8 Å². The average molecular weight is 213 g/mol. The number of rotatable bonds is 5. The Morgan fingerprint density at radius 3 is 2.73 bits per heavy atom. The first-order chi connectivity index (χ1) is 7.06. The maximum Gasteiger partial charge on any atom is 0.314 e. The molecule has 2 atom stereocenters. The van der Waals surface area contributed by atoms with Gasteiger partial charge < -0.3 is 14.7 Å². The van der Waals surface area contributed by atoms with Gasteiger partial charge in [-0.2, -0.15) is 0 Å². The molecule has 2 unspecified atom stereocenters. The molecule has 0 saturated carbocycles. The quantitative estimate of drug-likeness (QED) is 0.781. The second kappa shape index (κ2) is 4.82. The molecule has 84 valence electrons. The molecule has 0 fully saturated rings. The Morgan fingerprint density at radius 2 is 2.33 bits per heavy atom. The van der Waals surface area contributed by atoms with Gasteiger partial charge in [-0.3, -0.25) is 4.79 Å². The Labute approximate surface area is 87.7 Å². The van der Waals surface area contributed by atoms with E-state index in [-0.39, 0.29) is 17.6 Å². The van der Waals surface area contributed by atoms with Crippen LogP contribution in [0.25, 0.3) is 0 Å². The van der Waals surface area contributed by atoms with Crippen molar-refractivity contribution in [3.8, 4) is 5.88 Å². The second-order valence-electron chi connectivity index (χ2n) is 3.67. The van der Waals surface area contributed by atoms with Gasteiger partial charge in [-0.05, 0) is 17.5 Å². The van der Waals surface area contributed by atoms with Crippen LogP contribution in [-0.2, 0) is 4.79 Å². The van der Waals surface area contributed by atoms with Crippen molar-refractivity contribution in [2.75, 3.05) is 0 Å². The Balaban J connectivity index is 2.87. The van der Waals surface area contributed by atoms with Crippen LogP contribution in [-0.4, -0.2) is 21.3 Å². The third-order valence-corrected chi connectivity index (χ3v) is 2.40. The molecule has 5 nitrogen and oxygen atoms in total. The van der Waals surface area contributed by atoms with Crippen molar-refractivity contribution in [1.82, 2.24) is 5.16 Å². The van der Waals surface area contributed by atoms with Gasteiger partial charge in [0.2, 0.25) is 0 Å². The molecule has 0 saturated heterocycles. The molecule has 1 rings (SSSR count). The van der Waals surface area contributed by atoms with Crippen LogP contribution in [0.1, 0.15) is 38.4 Å². The van der Waals surface area contributed by atoms with Crippen LogP contribution in [0.5, 0.6) is 5.88 Å². The molecule has 0 spiro atoms. The number of aliphatic carboxylic acids is 1. The fourth-order valence-electron chi connectivity index (χ4n) is 1.69. The molecule has 0 aliphatic rings. The van der Waals surface area contributed by atoms with Crippen LogP contribution in [0, 0.1) is 5.92 Å². The van der Waals surface area contributed by atoms with E-state index < -0.39 is 11.9 Å². The summed E-state index contributed by atoms with van der Waals surface area (Å²) < 4.78 is 4.77. The lowest BCUT2D eigenvalue weighted by Crippen LogP contribution is -2.18. The zero-order chi connectivity index (χ0) is 11.4. The molecule has 1 aromatic rings. The Bertz CT molecular complexity index is 334. The molecule has 0 radical (unpaired) electrons. The number of nitrogens with zero attached hydrogens (tertiary/aromatic N) is 1. The van der Waals surface area contributed by atoms with E-state index >= 15 is 0 Å². The lowest BCUT2D eigenvalue weighted by Gasteiger charge is -2.16. The topological polar surface area (TPSA) is 83.6 Å². The Hall–Kier alpha value is -1.52. The monoisotopic (exact) mass is 213 g/mol. The Kier molecular flexibility index (Phi) is 3.71. The summed E-state index contributed by atoms with van der Waals surface area (Å²) in [5, 5.41) is 21.3. The number of hydrogen-bond donors (Lipinski definition) is 2. The van der Waals surface area contributed by atoms with Gasteiger partial charge in [0.25, 0.3) is 5.88 Å². The first-order valence-electron chi connectivity index (χ1n) is 4.94. The summed E-state index contributed by atoms with van der Waals surface area (Å²) in [6, 6.07) is 1.25. The predicted molar refractivity (Wildman–Crippen MR) is 52.6 cm³/mol. The molecule has 0 aromatic carbocycles. The van der Waals surface area contributed by atoms with Crippen LogP contribution < -0.4 is 0 Å². The van der Waals surface area contributed by atoms with Crippen LogP contribution in [0.3, 0.4) is 0 Å². The number of carbonyl (C=O) groups is 1. The standard InChI is InChI=1S/C10H15NO4/c1-3-4-6(2)9(10(13)14)7-5-8(12)11-15-7/h5-6,9H,3-4H2,1-2H3,(H,11,12)(H,13,14). The van der Waals surface area contributed by atoms with Crippen molar-refractivity contribution >= 4 is 5.97 Å². The minimum absolute atomic E-state index is 0.0418. The third kappa shape index (κ3) is 2.71. The summed E-state index contributed by atoms with van der Waals surface area (Å²) >= 11 is 0. The van der Waals surface area contributed by atoms with Gasteiger partial charge in [0, 0.05) is 6.07 Å². The van der Waals surface area contributed by atoms with Gasteiger partial charge >= 0.3 is 5.97 Å². The van der Waals surface area contributed by atoms with Gasteiger partial charge in [-0.15, -0.1) is 0 Å². The summed E-state index contributed by atoms with van der Waals surface area (Å²) in [6.07, 6.45) is 1.70. The molecule has 0 bridgehead atoms. The molecule has 5 heteroatoms. The Morgan fingerprint density at radius 1 is 1.67 bits per heavy atom. The van der Waals surface area contributed by atoms with Gasteiger partial charge in [0.15, 0.2) is 5.76 Å². The van der Waals surface area contributed by atoms with E-state index in [2.05, 4.69) is 5.16 Å². The van der Waals surface area contributed by atoms with E-state index in [4.69, 9.17) is 14.7 Å². The molecule has 2 N–H and O–H groups in total. The largest absolute Gasteiger partial charge is 0.491 e. The number of hydrogen-bond acceptors (Lipinski definition) is 4. The first-order valence-corrected chi connectivity index (χ1v) is 4.94. The van der Waals surface area contributed by atoms with Crippen LogP contribution >= 0.6 is 0 Å². The van der Waals surface area contributed by atoms with Gasteiger partial charge in [-0.25, -0.2) is 0 Å². The zero-order valence-corrected chi connectivity index (χ0v) is 8.80. The highest BCUT2D eigenvalue weighted by Gasteiger charge is 2.29. The number of aromatic hydroxyl groups is 1. The van der Waals surface area contributed by atoms with E-state index in [0.29, 0.717) is 0 Å². The van der Waals surface area contributed by atoms with Crippen LogP contribution in [0.2, 0.25) is 0 Å². The minimum atomic E-state index is -0.952. The summed E-state index contributed by atoms with van der Waals surface area (Å²) in [5.74, 6) is -1.80. The fourth-order valence-corrected chi connectivity index (χ4v) is 1.69. The van der Waals surface area contributed by atoms with Crippen molar-refractivity contribution < 1.29 is 19.5 Å². The van der Waals surface area contributed by atoms with Gasteiger partial charge in [-0.1, -0.05) is 20.3 Å². The maximum absolute atomic E-state index is 11.1. The highest BCUT2D eigenvalue weighted by molar-refractivity contribution is 5.75. The highest BCUT2D eigenvalue weighted by atomic mass is 16.5. The average Bonchev–Trinajstić information content (AvgIpc) is 2.51. The number of aromatic nitrogens is 1. The summed E-state index contributed by atoms with van der Waals surface area (Å²) in [4.78, 5) is 11.1. The SMILES string of the molecule is CCCC(C)C(C(=O)O)c1cc(O)no1. The van der Waals surface area contributed by atoms with E-state index in [1.54, 1.807) is 0 Å². The van der Waals surface area contributed by atoms with Gasteiger partial charge in [0.05, 0.1) is 0 Å². The van der Waals surface area contributed by atoms with E-state index in [0.717, 1.165) is 12.8 Å². The maximum atomic E-state index is 11.1. The molecule has 1 aromatic heterocycles. The third-order valence-electron chi connectivity index (χ3n) is 2.40. The van der Waals surface area contributed by atoms with Crippen LogP contribution in [0.4, 0.5) is 0 Å². The van der Waals surface area contributed by atoms with Crippen molar-refractivity contribution in [3.63, 3.8) is 0 Å². The summed E-state index contributed by atoms with van der Waals surface area (Å²) in [5.41, 5.74) is 0. The summed E-state index contributed by atoms with van der Waals surface area (Å²) in [7, 11) is 0. The van der Waals surface area contributed by atoms with Crippen molar-refractivity contribution in [1.29, 1.82) is 0 Å². The van der Waals surface area contributed by atoms with E-state index in [1.807, 2.05) is 13.8 Å². The van der Waals surface area contributed by atoms with E-state index in [9.17, 15) is 4.79 Å². The van der Waals surface area contributed by atoms with Gasteiger partial charge in [0.1, 0.15) is 5.92 Å². The van der Waals surface area contributed by atoms with Crippen molar-refractivity contribution in [2.45, 2.75) is 32.6 Å². The smallest absolute Gasteiger partial charge is 0.314 e. The highest BCUT2D eigenvalue weighted by Crippen LogP contribution is 2.29. The number of carboxylic acid groups (broad SMARTS) is 1. The fraction of sp³-hybridized carbons (Fsp3) is 0.600. The predicted octanol–water partition coefficient (Wildman–Crippen LogP) is 1.98. The molecule has 0 aliphatic carbocycles. The zero-order valence-electron chi connectivity index (χ0n) is 8.80.